The topological polar surface area (TPSA) is 72.1 Å². The summed E-state index contributed by atoms with van der Waals surface area (Å²) in [5, 5.41) is 3.94. The Morgan fingerprint density at radius 2 is 2.24 bits per heavy atom. The number of hydrogen-bond donors (Lipinski definition) is 0. The summed E-state index contributed by atoms with van der Waals surface area (Å²) in [6.07, 6.45) is 3.69. The molecule has 2 aromatic rings. The maximum absolute atomic E-state index is 11.7. The van der Waals surface area contributed by atoms with Gasteiger partial charge in [0.05, 0.1) is 23.0 Å². The van der Waals surface area contributed by atoms with E-state index in [9.17, 15) is 4.79 Å². The molecule has 1 fully saturated rings. The van der Waals surface area contributed by atoms with Crippen LogP contribution in [0.15, 0.2) is 16.8 Å². The zero-order chi connectivity index (χ0) is 15.0. The zero-order valence-corrected chi connectivity index (χ0v) is 12.5. The van der Waals surface area contributed by atoms with Crippen molar-refractivity contribution >= 4 is 5.91 Å². The van der Waals surface area contributed by atoms with Crippen LogP contribution >= 0.6 is 0 Å². The van der Waals surface area contributed by atoms with Gasteiger partial charge in [0, 0.05) is 19.7 Å². The van der Waals surface area contributed by atoms with Gasteiger partial charge < -0.3 is 9.42 Å². The highest BCUT2D eigenvalue weighted by atomic mass is 16.5. The van der Waals surface area contributed by atoms with E-state index in [-0.39, 0.29) is 11.9 Å². The Hall–Kier alpha value is -2.24. The molecule has 3 rings (SSSR count). The van der Waals surface area contributed by atoms with Crippen molar-refractivity contribution in [1.29, 1.82) is 0 Å². The van der Waals surface area contributed by atoms with E-state index in [2.05, 4.69) is 15.1 Å². The average Bonchev–Trinajstić information content (AvgIpc) is 3.06. The Balaban J connectivity index is 1.99. The minimum absolute atomic E-state index is 0.0460. The van der Waals surface area contributed by atoms with E-state index in [1.54, 1.807) is 13.1 Å². The van der Waals surface area contributed by atoms with Gasteiger partial charge in [0.15, 0.2) is 5.82 Å². The molecule has 2 aromatic heterocycles. The summed E-state index contributed by atoms with van der Waals surface area (Å²) in [6, 6.07) is 1.93. The number of amides is 1. The highest BCUT2D eigenvalue weighted by Gasteiger charge is 2.29. The fourth-order valence-electron chi connectivity index (χ4n) is 2.93. The van der Waals surface area contributed by atoms with Gasteiger partial charge in [0.2, 0.25) is 5.91 Å². The molecule has 3 heterocycles. The summed E-state index contributed by atoms with van der Waals surface area (Å²) < 4.78 is 5.18. The SMILES string of the molecule is CC(=O)N1CCCC1c1ccnc(-c2c(C)noc2C)n1. The van der Waals surface area contributed by atoms with Crippen LogP contribution in [0.3, 0.4) is 0 Å². The van der Waals surface area contributed by atoms with Crippen molar-refractivity contribution < 1.29 is 9.32 Å². The average molecular weight is 286 g/mol. The molecule has 0 bridgehead atoms. The molecule has 0 radical (unpaired) electrons. The molecule has 1 aliphatic rings. The minimum atomic E-state index is 0.0460. The summed E-state index contributed by atoms with van der Waals surface area (Å²) in [5.74, 6) is 1.41. The molecule has 0 aliphatic carbocycles. The van der Waals surface area contributed by atoms with E-state index in [4.69, 9.17) is 4.52 Å². The quantitative estimate of drug-likeness (QED) is 0.847. The monoisotopic (exact) mass is 286 g/mol. The second kappa shape index (κ2) is 5.27. The fraction of sp³-hybridized carbons (Fsp3) is 0.467. The number of aromatic nitrogens is 3. The molecule has 1 amide bonds. The summed E-state index contributed by atoms with van der Waals surface area (Å²) in [6.45, 7) is 6.13. The van der Waals surface area contributed by atoms with Gasteiger partial charge in [-0.2, -0.15) is 0 Å². The molecular formula is C15H18N4O2. The van der Waals surface area contributed by atoms with Crippen LogP contribution in [0.4, 0.5) is 0 Å². The van der Waals surface area contributed by atoms with Crippen molar-refractivity contribution in [3.05, 3.63) is 29.4 Å². The third kappa shape index (κ3) is 2.41. The lowest BCUT2D eigenvalue weighted by Gasteiger charge is -2.22. The first-order valence-electron chi connectivity index (χ1n) is 7.11. The second-order valence-electron chi connectivity index (χ2n) is 5.37. The first-order valence-corrected chi connectivity index (χ1v) is 7.11. The molecule has 1 saturated heterocycles. The van der Waals surface area contributed by atoms with E-state index in [1.807, 2.05) is 24.8 Å². The number of nitrogens with zero attached hydrogens (tertiary/aromatic N) is 4. The first kappa shape index (κ1) is 13.7. The van der Waals surface area contributed by atoms with Crippen LogP contribution < -0.4 is 0 Å². The van der Waals surface area contributed by atoms with Gasteiger partial charge in [-0.05, 0) is 32.8 Å². The normalized spacial score (nSPS) is 18.2. The lowest BCUT2D eigenvalue weighted by Crippen LogP contribution is -2.28. The predicted octanol–water partition coefficient (Wildman–Crippen LogP) is 2.43. The number of hydrogen-bond acceptors (Lipinski definition) is 5. The van der Waals surface area contributed by atoms with Gasteiger partial charge in [0.1, 0.15) is 5.76 Å². The fourth-order valence-corrected chi connectivity index (χ4v) is 2.93. The highest BCUT2D eigenvalue weighted by Crippen LogP contribution is 2.32. The second-order valence-corrected chi connectivity index (χ2v) is 5.37. The lowest BCUT2D eigenvalue weighted by molar-refractivity contribution is -0.129. The molecule has 1 atom stereocenters. The van der Waals surface area contributed by atoms with E-state index in [0.29, 0.717) is 11.6 Å². The van der Waals surface area contributed by atoms with E-state index >= 15 is 0 Å². The number of rotatable bonds is 2. The van der Waals surface area contributed by atoms with Gasteiger partial charge in [-0.1, -0.05) is 5.16 Å². The van der Waals surface area contributed by atoms with E-state index in [1.165, 1.54) is 0 Å². The van der Waals surface area contributed by atoms with E-state index in [0.717, 1.165) is 36.3 Å². The van der Waals surface area contributed by atoms with Crippen molar-refractivity contribution in [2.45, 2.75) is 39.7 Å². The summed E-state index contributed by atoms with van der Waals surface area (Å²) in [5.41, 5.74) is 2.50. The van der Waals surface area contributed by atoms with Gasteiger partial charge >= 0.3 is 0 Å². The van der Waals surface area contributed by atoms with Crippen molar-refractivity contribution in [2.24, 2.45) is 0 Å². The third-order valence-corrected chi connectivity index (χ3v) is 3.93. The van der Waals surface area contributed by atoms with Crippen LogP contribution in [0.5, 0.6) is 0 Å². The molecule has 0 aromatic carbocycles. The van der Waals surface area contributed by atoms with Crippen LogP contribution in [0.25, 0.3) is 11.4 Å². The molecular weight excluding hydrogens is 268 g/mol. The number of carbonyl (C=O) groups is 1. The Bertz CT molecular complexity index is 661. The molecule has 0 saturated carbocycles. The van der Waals surface area contributed by atoms with Crippen LogP contribution in [0, 0.1) is 13.8 Å². The van der Waals surface area contributed by atoms with Gasteiger partial charge in [-0.25, -0.2) is 9.97 Å². The van der Waals surface area contributed by atoms with Crippen LogP contribution in [-0.2, 0) is 4.79 Å². The van der Waals surface area contributed by atoms with Gasteiger partial charge in [0.25, 0.3) is 0 Å². The van der Waals surface area contributed by atoms with Crippen molar-refractivity contribution in [3.63, 3.8) is 0 Å². The molecule has 0 N–H and O–H groups in total. The first-order chi connectivity index (χ1) is 10.1. The molecule has 0 spiro atoms. The summed E-state index contributed by atoms with van der Waals surface area (Å²) >= 11 is 0. The van der Waals surface area contributed by atoms with Gasteiger partial charge in [-0.15, -0.1) is 0 Å². The number of likely N-dealkylation sites (tertiary alicyclic amines) is 1. The molecule has 6 nitrogen and oxygen atoms in total. The maximum Gasteiger partial charge on any atom is 0.220 e. The summed E-state index contributed by atoms with van der Waals surface area (Å²) in [4.78, 5) is 22.6. The molecule has 1 aliphatic heterocycles. The molecule has 6 heteroatoms. The Labute approximate surface area is 123 Å². The summed E-state index contributed by atoms with van der Waals surface area (Å²) in [7, 11) is 0. The predicted molar refractivity (Wildman–Crippen MR) is 76.4 cm³/mol. The standard InChI is InChI=1S/C15H18N4O2/c1-9-14(10(2)21-18-9)15-16-7-6-12(17-15)13-5-4-8-19(13)11(3)20/h6-7,13H,4-5,8H2,1-3H3. The smallest absolute Gasteiger partial charge is 0.220 e. The van der Waals surface area contributed by atoms with Crippen molar-refractivity contribution in [2.75, 3.05) is 6.54 Å². The lowest BCUT2D eigenvalue weighted by atomic mass is 10.1. The largest absolute Gasteiger partial charge is 0.361 e. The third-order valence-electron chi connectivity index (χ3n) is 3.93. The van der Waals surface area contributed by atoms with Crippen LogP contribution in [0.1, 0.15) is 43.0 Å². The zero-order valence-electron chi connectivity index (χ0n) is 12.5. The Morgan fingerprint density at radius 3 is 2.90 bits per heavy atom. The van der Waals surface area contributed by atoms with Crippen LogP contribution in [0.2, 0.25) is 0 Å². The van der Waals surface area contributed by atoms with Crippen molar-refractivity contribution in [3.8, 4) is 11.4 Å². The number of aryl methyl sites for hydroxylation is 2. The van der Waals surface area contributed by atoms with Crippen LogP contribution in [-0.4, -0.2) is 32.5 Å². The number of carbonyl (C=O) groups excluding carboxylic acids is 1. The molecule has 21 heavy (non-hydrogen) atoms. The molecule has 1 unspecified atom stereocenters. The maximum atomic E-state index is 11.7. The van der Waals surface area contributed by atoms with E-state index < -0.39 is 0 Å². The highest BCUT2D eigenvalue weighted by molar-refractivity contribution is 5.74. The Kier molecular flexibility index (Phi) is 3.45. The van der Waals surface area contributed by atoms with Gasteiger partial charge in [-0.3, -0.25) is 4.79 Å². The molecule has 110 valence electrons. The Morgan fingerprint density at radius 1 is 1.43 bits per heavy atom. The minimum Gasteiger partial charge on any atom is -0.361 e. The van der Waals surface area contributed by atoms with Crippen molar-refractivity contribution in [1.82, 2.24) is 20.0 Å².